The van der Waals surface area contributed by atoms with Crippen molar-refractivity contribution in [3.05, 3.63) is 36.4 Å². The molecule has 0 atom stereocenters. The van der Waals surface area contributed by atoms with Crippen LogP contribution in [0.3, 0.4) is 0 Å². The highest BCUT2D eigenvalue weighted by atomic mass is 16.4. The average Bonchev–Trinajstić information content (AvgIpc) is 2.75. The Labute approximate surface area is 109 Å². The van der Waals surface area contributed by atoms with E-state index in [0.29, 0.717) is 10.9 Å². The molecule has 0 unspecified atom stereocenters. The maximum atomic E-state index is 9.20. The van der Waals surface area contributed by atoms with E-state index in [9.17, 15) is 20.1 Å². The van der Waals surface area contributed by atoms with Crippen molar-refractivity contribution in [2.45, 2.75) is 0 Å². The number of rotatable bonds is 2. The van der Waals surface area contributed by atoms with Crippen molar-refractivity contribution in [3.8, 4) is 0 Å². The highest BCUT2D eigenvalue weighted by molar-refractivity contribution is 6.59. The smallest absolute Gasteiger partial charge is 0.423 e. The summed E-state index contributed by atoms with van der Waals surface area (Å²) in [6, 6.07) is 10.1. The van der Waals surface area contributed by atoms with E-state index in [1.165, 1.54) is 0 Å². The van der Waals surface area contributed by atoms with Crippen LogP contribution in [0.2, 0.25) is 0 Å². The molecule has 0 aliphatic rings. The Morgan fingerprint density at radius 3 is 1.47 bits per heavy atom. The Balaban J connectivity index is 2.31. The van der Waals surface area contributed by atoms with E-state index >= 15 is 0 Å². The van der Waals surface area contributed by atoms with Gasteiger partial charge < -0.3 is 25.1 Å². The second-order valence-corrected chi connectivity index (χ2v) is 4.48. The summed E-state index contributed by atoms with van der Waals surface area (Å²) in [7, 11) is -3.05. The zero-order valence-electron chi connectivity index (χ0n) is 9.91. The van der Waals surface area contributed by atoms with Crippen LogP contribution in [0.1, 0.15) is 0 Å². The minimum absolute atomic E-state index is 0.392. The van der Waals surface area contributed by atoms with Crippen LogP contribution < -0.4 is 10.9 Å². The molecule has 1 heterocycles. The Bertz CT molecular complexity index is 692. The molecular formula is C12H11B2NO4. The summed E-state index contributed by atoms with van der Waals surface area (Å²) < 4.78 is 0. The summed E-state index contributed by atoms with van der Waals surface area (Å²) >= 11 is 0. The van der Waals surface area contributed by atoms with Gasteiger partial charge in [-0.1, -0.05) is 24.3 Å². The highest BCUT2D eigenvalue weighted by Gasteiger charge is 2.15. The van der Waals surface area contributed by atoms with Gasteiger partial charge in [-0.05, 0) is 23.1 Å². The number of nitrogens with one attached hydrogen (secondary N) is 1. The van der Waals surface area contributed by atoms with Gasteiger partial charge in [-0.15, -0.1) is 0 Å². The molecule has 0 bridgehead atoms. The number of hydrogen-bond acceptors (Lipinski definition) is 4. The van der Waals surface area contributed by atoms with E-state index in [1.807, 2.05) is 0 Å². The molecule has 5 N–H and O–H groups in total. The molecule has 0 aliphatic carbocycles. The molecule has 0 spiro atoms. The normalized spacial score (nSPS) is 11.2. The fourth-order valence-corrected chi connectivity index (χ4v) is 2.25. The van der Waals surface area contributed by atoms with E-state index < -0.39 is 14.2 Å². The average molecular weight is 255 g/mol. The summed E-state index contributed by atoms with van der Waals surface area (Å²) in [4.78, 5) is 3.18. The molecule has 3 rings (SSSR count). The van der Waals surface area contributed by atoms with Crippen molar-refractivity contribution in [3.63, 3.8) is 0 Å². The molecule has 5 nitrogen and oxygen atoms in total. The van der Waals surface area contributed by atoms with Crippen LogP contribution in [-0.2, 0) is 0 Å². The first-order chi connectivity index (χ1) is 9.06. The minimum Gasteiger partial charge on any atom is -0.423 e. The summed E-state index contributed by atoms with van der Waals surface area (Å²) in [6.07, 6.45) is 0. The van der Waals surface area contributed by atoms with Crippen molar-refractivity contribution in [1.29, 1.82) is 0 Å². The van der Waals surface area contributed by atoms with Crippen LogP contribution in [0.25, 0.3) is 21.8 Å². The second-order valence-electron chi connectivity index (χ2n) is 4.48. The number of hydrogen-bond donors (Lipinski definition) is 5. The summed E-state index contributed by atoms with van der Waals surface area (Å²) in [5.41, 5.74) is 2.49. The van der Waals surface area contributed by atoms with Gasteiger partial charge in [-0.25, -0.2) is 0 Å². The number of aromatic nitrogens is 1. The number of fused-ring (bicyclic) bond motifs is 3. The molecule has 3 aromatic rings. The Morgan fingerprint density at radius 2 is 1.11 bits per heavy atom. The molecule has 1 aromatic heterocycles. The van der Waals surface area contributed by atoms with Gasteiger partial charge in [0.2, 0.25) is 0 Å². The predicted molar refractivity (Wildman–Crippen MR) is 75.5 cm³/mol. The van der Waals surface area contributed by atoms with Crippen molar-refractivity contribution in [2.75, 3.05) is 0 Å². The van der Waals surface area contributed by atoms with Crippen molar-refractivity contribution in [2.24, 2.45) is 0 Å². The molecule has 7 heteroatoms. The van der Waals surface area contributed by atoms with Gasteiger partial charge in [0.25, 0.3) is 0 Å². The third-order valence-corrected chi connectivity index (χ3v) is 3.24. The zero-order chi connectivity index (χ0) is 13.6. The first-order valence-electron chi connectivity index (χ1n) is 5.84. The first-order valence-corrected chi connectivity index (χ1v) is 5.84. The molecule has 94 valence electrons. The lowest BCUT2D eigenvalue weighted by molar-refractivity contribution is 0.424. The van der Waals surface area contributed by atoms with E-state index in [2.05, 4.69) is 4.98 Å². The van der Waals surface area contributed by atoms with Crippen molar-refractivity contribution < 1.29 is 20.1 Å². The van der Waals surface area contributed by atoms with Gasteiger partial charge in [0, 0.05) is 21.8 Å². The van der Waals surface area contributed by atoms with E-state index in [-0.39, 0.29) is 0 Å². The lowest BCUT2D eigenvalue weighted by atomic mass is 9.78. The predicted octanol–water partition coefficient (Wildman–Crippen LogP) is -1.32. The zero-order valence-corrected chi connectivity index (χ0v) is 9.91. The van der Waals surface area contributed by atoms with E-state index in [1.54, 1.807) is 36.4 Å². The van der Waals surface area contributed by atoms with Gasteiger partial charge in [0.15, 0.2) is 0 Å². The van der Waals surface area contributed by atoms with Crippen molar-refractivity contribution in [1.82, 2.24) is 4.98 Å². The van der Waals surface area contributed by atoms with Crippen LogP contribution in [0, 0.1) is 0 Å². The molecule has 19 heavy (non-hydrogen) atoms. The SMILES string of the molecule is OB(O)c1ccc2[nH]c3ccc(B(O)O)cc3c2c1. The third kappa shape index (κ3) is 2.02. The quantitative estimate of drug-likeness (QED) is 0.367. The molecule has 2 aromatic carbocycles. The number of benzene rings is 2. The molecule has 0 amide bonds. The molecule has 0 saturated carbocycles. The number of H-pyrrole nitrogens is 1. The second kappa shape index (κ2) is 4.40. The van der Waals surface area contributed by atoms with Gasteiger partial charge >= 0.3 is 14.2 Å². The molecule has 0 saturated heterocycles. The molecular weight excluding hydrogens is 244 g/mol. The van der Waals surface area contributed by atoms with Gasteiger partial charge in [-0.3, -0.25) is 0 Å². The maximum Gasteiger partial charge on any atom is 0.488 e. The Kier molecular flexibility index (Phi) is 2.83. The van der Waals surface area contributed by atoms with Gasteiger partial charge in [0.1, 0.15) is 0 Å². The summed E-state index contributed by atoms with van der Waals surface area (Å²) in [5, 5.41) is 38.4. The lowest BCUT2D eigenvalue weighted by Crippen LogP contribution is -2.29. The van der Waals surface area contributed by atoms with Crippen LogP contribution in [0.5, 0.6) is 0 Å². The molecule has 0 aliphatic heterocycles. The standard InChI is InChI=1S/C12H11B2NO4/c16-13(17)7-1-3-11-9(5-7)10-6-8(14(18)19)2-4-12(10)15-11/h1-6,15-19H. The minimum atomic E-state index is -1.53. The Hall–Kier alpha value is -1.79. The maximum absolute atomic E-state index is 9.20. The summed E-state index contributed by atoms with van der Waals surface area (Å²) in [5.74, 6) is 0. The van der Waals surface area contributed by atoms with Crippen molar-refractivity contribution >= 4 is 47.0 Å². The van der Waals surface area contributed by atoms with Gasteiger partial charge in [0.05, 0.1) is 0 Å². The topological polar surface area (TPSA) is 96.7 Å². The molecule has 0 fully saturated rings. The van der Waals surface area contributed by atoms with E-state index in [4.69, 9.17) is 0 Å². The van der Waals surface area contributed by atoms with Gasteiger partial charge in [-0.2, -0.15) is 0 Å². The van der Waals surface area contributed by atoms with E-state index in [0.717, 1.165) is 21.8 Å². The fraction of sp³-hybridized carbons (Fsp3) is 0. The number of aromatic amines is 1. The lowest BCUT2D eigenvalue weighted by Gasteiger charge is -2.01. The van der Waals surface area contributed by atoms with Crippen LogP contribution in [-0.4, -0.2) is 39.3 Å². The fourth-order valence-electron chi connectivity index (χ4n) is 2.25. The third-order valence-electron chi connectivity index (χ3n) is 3.24. The summed E-state index contributed by atoms with van der Waals surface area (Å²) in [6.45, 7) is 0. The van der Waals surface area contributed by atoms with Crippen LogP contribution in [0.15, 0.2) is 36.4 Å². The first kappa shape index (κ1) is 12.3. The highest BCUT2D eigenvalue weighted by Crippen LogP contribution is 2.23. The molecule has 0 radical (unpaired) electrons. The largest absolute Gasteiger partial charge is 0.488 e. The Morgan fingerprint density at radius 1 is 0.684 bits per heavy atom. The monoisotopic (exact) mass is 255 g/mol. The van der Waals surface area contributed by atoms with Crippen LogP contribution >= 0.6 is 0 Å². The van der Waals surface area contributed by atoms with Crippen LogP contribution in [0.4, 0.5) is 0 Å².